The number of carboxylic acids is 1. The molecule has 2 aliphatic heterocycles. The van der Waals surface area contributed by atoms with Crippen LogP contribution in [0.5, 0.6) is 0 Å². The number of aliphatic carboxylic acids is 1. The summed E-state index contributed by atoms with van der Waals surface area (Å²) >= 11 is 1.64. The highest BCUT2D eigenvalue weighted by Gasteiger charge is 2.37. The van der Waals surface area contributed by atoms with Crippen molar-refractivity contribution in [3.05, 3.63) is 35.4 Å². The molecular formula is C16H19NO4S. The summed E-state index contributed by atoms with van der Waals surface area (Å²) in [5, 5.41) is 8.92. The summed E-state index contributed by atoms with van der Waals surface area (Å²) in [6.07, 6.45) is -0.221. The second-order valence-electron chi connectivity index (χ2n) is 5.72. The van der Waals surface area contributed by atoms with Crippen LogP contribution in [0.1, 0.15) is 23.3 Å². The van der Waals surface area contributed by atoms with E-state index in [1.807, 2.05) is 18.2 Å². The maximum absolute atomic E-state index is 12.9. The first-order valence-electron chi connectivity index (χ1n) is 7.42. The van der Waals surface area contributed by atoms with Crippen LogP contribution in [0.2, 0.25) is 0 Å². The Labute approximate surface area is 133 Å². The van der Waals surface area contributed by atoms with Crippen molar-refractivity contribution >= 4 is 23.6 Å². The molecule has 118 valence electrons. The molecule has 0 bridgehead atoms. The first-order valence-corrected chi connectivity index (χ1v) is 8.47. The fourth-order valence-corrected chi connectivity index (χ4v) is 4.31. The fraction of sp³-hybridized carbons (Fsp3) is 0.500. The molecule has 0 aromatic heterocycles. The lowest BCUT2D eigenvalue weighted by molar-refractivity contribution is -0.166. The van der Waals surface area contributed by atoms with Crippen molar-refractivity contribution in [1.29, 1.82) is 0 Å². The molecule has 3 rings (SSSR count). The van der Waals surface area contributed by atoms with Gasteiger partial charge in [-0.1, -0.05) is 24.3 Å². The second-order valence-corrected chi connectivity index (χ2v) is 6.93. The average Bonchev–Trinajstić information content (AvgIpc) is 2.53. The van der Waals surface area contributed by atoms with Crippen LogP contribution in [0.25, 0.3) is 0 Å². The van der Waals surface area contributed by atoms with Gasteiger partial charge in [-0.15, -0.1) is 11.8 Å². The van der Waals surface area contributed by atoms with E-state index in [1.54, 1.807) is 23.6 Å². The Morgan fingerprint density at radius 2 is 2.09 bits per heavy atom. The first kappa shape index (κ1) is 15.4. The maximum Gasteiger partial charge on any atom is 0.334 e. The summed E-state index contributed by atoms with van der Waals surface area (Å²) in [6.45, 7) is 2.37. The van der Waals surface area contributed by atoms with E-state index in [1.165, 1.54) is 5.56 Å². The van der Waals surface area contributed by atoms with E-state index in [-0.39, 0.29) is 23.8 Å². The average molecular weight is 321 g/mol. The van der Waals surface area contributed by atoms with Gasteiger partial charge in [0.2, 0.25) is 5.91 Å². The molecule has 0 saturated carbocycles. The summed E-state index contributed by atoms with van der Waals surface area (Å²) in [5.41, 5.74) is 2.28. The van der Waals surface area contributed by atoms with E-state index >= 15 is 0 Å². The van der Waals surface area contributed by atoms with Crippen LogP contribution in [0.3, 0.4) is 0 Å². The lowest BCUT2D eigenvalue weighted by atomic mass is 10.0. The number of hydrogen-bond donors (Lipinski definition) is 1. The third-order valence-corrected chi connectivity index (χ3v) is 5.29. The predicted octanol–water partition coefficient (Wildman–Crippen LogP) is 1.72. The minimum atomic E-state index is -1.01. The van der Waals surface area contributed by atoms with Gasteiger partial charge in [0.1, 0.15) is 5.25 Å². The zero-order valence-corrected chi connectivity index (χ0v) is 13.2. The molecule has 22 heavy (non-hydrogen) atoms. The van der Waals surface area contributed by atoms with Crippen LogP contribution in [0.15, 0.2) is 24.3 Å². The van der Waals surface area contributed by atoms with Crippen LogP contribution < -0.4 is 0 Å². The number of nitrogens with zero attached hydrogens (tertiary/aromatic N) is 1. The summed E-state index contributed by atoms with van der Waals surface area (Å²) < 4.78 is 5.38. The van der Waals surface area contributed by atoms with E-state index < -0.39 is 12.1 Å². The van der Waals surface area contributed by atoms with Gasteiger partial charge in [0.05, 0.1) is 12.6 Å². The SMILES string of the molecule is C[C@@H]1CN(C(=O)C2SCCc3ccccc32)CC(C(=O)O)O1. The quantitative estimate of drug-likeness (QED) is 0.898. The Hall–Kier alpha value is -1.53. The van der Waals surface area contributed by atoms with Crippen molar-refractivity contribution < 1.29 is 19.4 Å². The van der Waals surface area contributed by atoms with Gasteiger partial charge in [-0.25, -0.2) is 4.79 Å². The molecule has 1 N–H and O–H groups in total. The third-order valence-electron chi connectivity index (χ3n) is 4.07. The molecule has 1 fully saturated rings. The molecule has 1 aromatic rings. The lowest BCUT2D eigenvalue weighted by Gasteiger charge is -2.37. The molecule has 2 unspecified atom stereocenters. The van der Waals surface area contributed by atoms with Gasteiger partial charge in [0, 0.05) is 6.54 Å². The highest BCUT2D eigenvalue weighted by atomic mass is 32.2. The molecule has 5 nitrogen and oxygen atoms in total. The highest BCUT2D eigenvalue weighted by Crippen LogP contribution is 2.38. The van der Waals surface area contributed by atoms with Crippen LogP contribution in [-0.2, 0) is 20.7 Å². The molecule has 2 aliphatic rings. The van der Waals surface area contributed by atoms with E-state index in [2.05, 4.69) is 6.07 Å². The minimum Gasteiger partial charge on any atom is -0.479 e. The number of benzene rings is 1. The molecule has 0 spiro atoms. The van der Waals surface area contributed by atoms with Gasteiger partial charge in [-0.05, 0) is 30.2 Å². The van der Waals surface area contributed by atoms with Crippen molar-refractivity contribution in [3.8, 4) is 0 Å². The van der Waals surface area contributed by atoms with Crippen molar-refractivity contribution in [3.63, 3.8) is 0 Å². The van der Waals surface area contributed by atoms with Crippen LogP contribution in [-0.4, -0.2) is 52.9 Å². The largest absolute Gasteiger partial charge is 0.479 e. The number of fused-ring (bicyclic) bond motifs is 1. The Morgan fingerprint density at radius 3 is 2.86 bits per heavy atom. The summed E-state index contributed by atoms with van der Waals surface area (Å²) in [6, 6.07) is 8.01. The number of hydrogen-bond acceptors (Lipinski definition) is 4. The van der Waals surface area contributed by atoms with Gasteiger partial charge in [-0.2, -0.15) is 0 Å². The molecule has 1 aromatic carbocycles. The number of rotatable bonds is 2. The van der Waals surface area contributed by atoms with Gasteiger partial charge >= 0.3 is 5.97 Å². The number of carbonyl (C=O) groups excluding carboxylic acids is 1. The number of morpholine rings is 1. The number of ether oxygens (including phenoxy) is 1. The van der Waals surface area contributed by atoms with E-state index in [9.17, 15) is 9.59 Å². The fourth-order valence-electron chi connectivity index (χ4n) is 3.03. The van der Waals surface area contributed by atoms with Crippen molar-refractivity contribution in [2.75, 3.05) is 18.8 Å². The number of carbonyl (C=O) groups is 2. The Bertz CT molecular complexity index is 591. The van der Waals surface area contributed by atoms with Crippen molar-refractivity contribution in [2.45, 2.75) is 30.8 Å². The van der Waals surface area contributed by atoms with Gasteiger partial charge in [0.15, 0.2) is 6.10 Å². The number of carboxylic acid groups (broad SMARTS) is 1. The number of thioether (sulfide) groups is 1. The van der Waals surface area contributed by atoms with Crippen LogP contribution in [0, 0.1) is 0 Å². The number of amides is 1. The predicted molar refractivity (Wildman–Crippen MR) is 83.9 cm³/mol. The van der Waals surface area contributed by atoms with Gasteiger partial charge in [-0.3, -0.25) is 4.79 Å². The van der Waals surface area contributed by atoms with Crippen molar-refractivity contribution in [2.24, 2.45) is 0 Å². The van der Waals surface area contributed by atoms with Crippen LogP contribution in [0.4, 0.5) is 0 Å². The maximum atomic E-state index is 12.9. The lowest BCUT2D eigenvalue weighted by Crippen LogP contribution is -2.52. The molecule has 0 radical (unpaired) electrons. The summed E-state index contributed by atoms with van der Waals surface area (Å²) in [5.74, 6) is -0.102. The van der Waals surface area contributed by atoms with Crippen LogP contribution >= 0.6 is 11.8 Å². The van der Waals surface area contributed by atoms with Gasteiger partial charge in [0.25, 0.3) is 0 Å². The first-order chi connectivity index (χ1) is 10.6. The highest BCUT2D eigenvalue weighted by molar-refractivity contribution is 8.00. The van der Waals surface area contributed by atoms with Gasteiger partial charge < -0.3 is 14.7 Å². The topological polar surface area (TPSA) is 66.8 Å². The van der Waals surface area contributed by atoms with E-state index in [0.29, 0.717) is 6.54 Å². The third kappa shape index (κ3) is 2.98. The number of aryl methyl sites for hydroxylation is 1. The van der Waals surface area contributed by atoms with E-state index in [4.69, 9.17) is 9.84 Å². The Kier molecular flexibility index (Phi) is 4.40. The summed E-state index contributed by atoms with van der Waals surface area (Å²) in [4.78, 5) is 25.7. The minimum absolute atomic E-state index is 0.00134. The molecule has 0 aliphatic carbocycles. The summed E-state index contributed by atoms with van der Waals surface area (Å²) in [7, 11) is 0. The molecule has 1 amide bonds. The van der Waals surface area contributed by atoms with E-state index in [0.717, 1.165) is 17.7 Å². The molecule has 2 heterocycles. The smallest absolute Gasteiger partial charge is 0.334 e. The monoisotopic (exact) mass is 321 g/mol. The normalized spacial score (nSPS) is 28.0. The molecule has 3 atom stereocenters. The standard InChI is InChI=1S/C16H19NO4S/c1-10-8-17(9-13(21-10)16(19)20)15(18)14-12-5-3-2-4-11(12)6-7-22-14/h2-5,10,13-14H,6-9H2,1H3,(H,19,20)/t10-,13?,14?/m1/s1. The zero-order valence-electron chi connectivity index (χ0n) is 12.4. The molecular weight excluding hydrogens is 302 g/mol. The van der Waals surface area contributed by atoms with Crippen molar-refractivity contribution in [1.82, 2.24) is 4.90 Å². The second kappa shape index (κ2) is 6.30. The Morgan fingerprint density at radius 1 is 1.32 bits per heavy atom. The zero-order chi connectivity index (χ0) is 15.7. The Balaban J connectivity index is 1.81. The molecule has 1 saturated heterocycles. The molecule has 6 heteroatoms.